The van der Waals surface area contributed by atoms with Crippen LogP contribution in [0.4, 0.5) is 11.4 Å². The molecule has 2 aromatic carbocycles. The van der Waals surface area contributed by atoms with Crippen molar-refractivity contribution in [2.24, 2.45) is 5.92 Å². The third-order valence-electron chi connectivity index (χ3n) is 6.82. The van der Waals surface area contributed by atoms with Gasteiger partial charge >= 0.3 is 0 Å². The van der Waals surface area contributed by atoms with E-state index in [4.69, 9.17) is 0 Å². The SMILES string of the molecule is CC(=O)c1cccc(NC(=O)CN2C(=O)C(C)(C)c3cc(S(=O)(=O)N4CCC[C@@H](C)C4)ccc32)c1. The van der Waals surface area contributed by atoms with Crippen molar-refractivity contribution >= 4 is 39.0 Å². The second-order valence-corrected chi connectivity index (χ2v) is 11.9. The Kier molecular flexibility index (Phi) is 6.59. The van der Waals surface area contributed by atoms with Crippen LogP contribution in [0.3, 0.4) is 0 Å². The fourth-order valence-electron chi connectivity index (χ4n) is 4.80. The van der Waals surface area contributed by atoms with Gasteiger partial charge in [0, 0.05) is 30.0 Å². The molecule has 0 radical (unpaired) electrons. The third-order valence-corrected chi connectivity index (χ3v) is 8.69. The maximum atomic E-state index is 13.3. The van der Waals surface area contributed by atoms with Crippen molar-refractivity contribution in [1.82, 2.24) is 4.31 Å². The summed E-state index contributed by atoms with van der Waals surface area (Å²) in [7, 11) is -3.68. The number of anilines is 2. The van der Waals surface area contributed by atoms with Crippen LogP contribution in [0.5, 0.6) is 0 Å². The molecule has 2 amide bonds. The monoisotopic (exact) mass is 497 g/mol. The van der Waals surface area contributed by atoms with Crippen LogP contribution in [0.2, 0.25) is 0 Å². The molecule has 0 saturated carbocycles. The first-order valence-corrected chi connectivity index (χ1v) is 13.2. The lowest BCUT2D eigenvalue weighted by atomic mass is 9.86. The van der Waals surface area contributed by atoms with Crippen molar-refractivity contribution in [2.45, 2.75) is 50.8 Å². The standard InChI is InChI=1S/C26H31N3O5S/c1-17-7-6-12-28(15-17)35(33,34)21-10-11-23-22(14-21)26(3,4)25(32)29(23)16-24(31)27-20-9-5-8-19(13-20)18(2)30/h5,8-11,13-14,17H,6-7,12,15-16H2,1-4H3,(H,27,31)/t17-/m1/s1. The number of sulfonamides is 1. The molecule has 0 aliphatic carbocycles. The van der Waals surface area contributed by atoms with E-state index in [9.17, 15) is 22.8 Å². The molecule has 0 unspecified atom stereocenters. The Hall–Kier alpha value is -3.04. The zero-order valence-electron chi connectivity index (χ0n) is 20.5. The number of fused-ring (bicyclic) bond motifs is 1. The van der Waals surface area contributed by atoms with Crippen LogP contribution in [0.1, 0.15) is 56.5 Å². The van der Waals surface area contributed by atoms with Crippen molar-refractivity contribution < 1.29 is 22.8 Å². The molecule has 1 saturated heterocycles. The van der Waals surface area contributed by atoms with E-state index in [-0.39, 0.29) is 23.1 Å². The predicted octanol–water partition coefficient (Wildman–Crippen LogP) is 3.57. The molecule has 0 bridgehead atoms. The molecule has 1 fully saturated rings. The van der Waals surface area contributed by atoms with Gasteiger partial charge in [-0.2, -0.15) is 4.31 Å². The molecular formula is C26H31N3O5S. The summed E-state index contributed by atoms with van der Waals surface area (Å²) in [6.45, 7) is 7.72. The normalized spacial score (nSPS) is 19.9. The molecule has 4 rings (SSSR count). The molecule has 35 heavy (non-hydrogen) atoms. The van der Waals surface area contributed by atoms with Crippen LogP contribution in [0, 0.1) is 5.92 Å². The first kappa shape index (κ1) is 25.1. The summed E-state index contributed by atoms with van der Waals surface area (Å²) in [4.78, 5) is 39.2. The molecule has 2 aliphatic rings. The molecule has 2 heterocycles. The number of piperidine rings is 1. The highest BCUT2D eigenvalue weighted by atomic mass is 32.2. The summed E-state index contributed by atoms with van der Waals surface area (Å²) in [5.41, 5.74) is 1.07. The van der Waals surface area contributed by atoms with Gasteiger partial charge in [-0.3, -0.25) is 14.4 Å². The van der Waals surface area contributed by atoms with Gasteiger partial charge in [-0.05, 0) is 75.4 Å². The second-order valence-electron chi connectivity index (χ2n) is 9.99. The van der Waals surface area contributed by atoms with Gasteiger partial charge in [0.15, 0.2) is 5.78 Å². The smallest absolute Gasteiger partial charge is 0.244 e. The number of rotatable bonds is 6. The van der Waals surface area contributed by atoms with Gasteiger partial charge < -0.3 is 10.2 Å². The highest BCUT2D eigenvalue weighted by molar-refractivity contribution is 7.89. The summed E-state index contributed by atoms with van der Waals surface area (Å²) in [6.07, 6.45) is 1.83. The number of ketones is 1. The van der Waals surface area contributed by atoms with Crippen molar-refractivity contribution in [2.75, 3.05) is 29.9 Å². The summed E-state index contributed by atoms with van der Waals surface area (Å²) < 4.78 is 28.1. The van der Waals surface area contributed by atoms with Crippen LogP contribution in [-0.2, 0) is 25.0 Å². The van der Waals surface area contributed by atoms with Crippen LogP contribution in [-0.4, -0.2) is 50.0 Å². The average Bonchev–Trinajstić information content (AvgIpc) is 2.99. The number of carbonyl (C=O) groups is 3. The van der Waals surface area contributed by atoms with Gasteiger partial charge in [-0.25, -0.2) is 8.42 Å². The van der Waals surface area contributed by atoms with Crippen molar-refractivity contribution in [1.29, 1.82) is 0 Å². The number of hydrogen-bond donors (Lipinski definition) is 1. The summed E-state index contributed by atoms with van der Waals surface area (Å²) >= 11 is 0. The van der Waals surface area contributed by atoms with E-state index in [0.29, 0.717) is 41.5 Å². The van der Waals surface area contributed by atoms with E-state index < -0.39 is 21.3 Å². The lowest BCUT2D eigenvalue weighted by Gasteiger charge is -2.30. The van der Waals surface area contributed by atoms with Gasteiger partial charge in [0.2, 0.25) is 21.8 Å². The van der Waals surface area contributed by atoms with E-state index in [1.165, 1.54) is 22.2 Å². The van der Waals surface area contributed by atoms with E-state index in [1.807, 2.05) is 6.92 Å². The van der Waals surface area contributed by atoms with E-state index >= 15 is 0 Å². The van der Waals surface area contributed by atoms with Crippen LogP contribution in [0.25, 0.3) is 0 Å². The Morgan fingerprint density at radius 2 is 1.89 bits per heavy atom. The largest absolute Gasteiger partial charge is 0.325 e. The average molecular weight is 498 g/mol. The minimum atomic E-state index is -3.68. The number of carbonyl (C=O) groups excluding carboxylic acids is 3. The van der Waals surface area contributed by atoms with Gasteiger partial charge in [0.25, 0.3) is 0 Å². The highest BCUT2D eigenvalue weighted by Crippen LogP contribution is 2.43. The topological polar surface area (TPSA) is 104 Å². The Morgan fingerprint density at radius 1 is 1.14 bits per heavy atom. The molecule has 9 heteroatoms. The third kappa shape index (κ3) is 4.75. The first-order chi connectivity index (χ1) is 16.4. The minimum Gasteiger partial charge on any atom is -0.325 e. The quantitative estimate of drug-likeness (QED) is 0.615. The van der Waals surface area contributed by atoms with Gasteiger partial charge in [-0.1, -0.05) is 19.1 Å². The summed E-state index contributed by atoms with van der Waals surface area (Å²) in [5, 5.41) is 2.74. The van der Waals surface area contributed by atoms with Gasteiger partial charge in [-0.15, -0.1) is 0 Å². The Balaban J connectivity index is 1.59. The second kappa shape index (κ2) is 9.20. The molecule has 2 aromatic rings. The first-order valence-electron chi connectivity index (χ1n) is 11.8. The zero-order valence-corrected chi connectivity index (χ0v) is 21.3. The van der Waals surface area contributed by atoms with E-state index in [2.05, 4.69) is 5.32 Å². The molecule has 1 N–H and O–H groups in total. The lowest BCUT2D eigenvalue weighted by molar-refractivity contribution is -0.124. The number of benzene rings is 2. The number of amides is 2. The predicted molar refractivity (Wildman–Crippen MR) is 134 cm³/mol. The molecule has 1 atom stereocenters. The molecule has 0 aromatic heterocycles. The van der Waals surface area contributed by atoms with Gasteiger partial charge in [0.05, 0.1) is 10.3 Å². The Morgan fingerprint density at radius 3 is 2.57 bits per heavy atom. The zero-order chi connectivity index (χ0) is 25.5. The van der Waals surface area contributed by atoms with E-state index in [1.54, 1.807) is 50.2 Å². The summed E-state index contributed by atoms with van der Waals surface area (Å²) in [5.74, 6) is -0.504. The molecular weight excluding hydrogens is 466 g/mol. The molecule has 2 aliphatic heterocycles. The highest BCUT2D eigenvalue weighted by Gasteiger charge is 2.45. The fourth-order valence-corrected chi connectivity index (χ4v) is 6.43. The molecule has 186 valence electrons. The number of nitrogens with one attached hydrogen (secondary N) is 1. The number of hydrogen-bond acceptors (Lipinski definition) is 5. The van der Waals surface area contributed by atoms with Gasteiger partial charge in [0.1, 0.15) is 6.54 Å². The van der Waals surface area contributed by atoms with Crippen LogP contribution in [0.15, 0.2) is 47.4 Å². The fraction of sp³-hybridized carbons (Fsp3) is 0.423. The number of nitrogens with zero attached hydrogens (tertiary/aromatic N) is 2. The van der Waals surface area contributed by atoms with E-state index in [0.717, 1.165) is 12.8 Å². The lowest BCUT2D eigenvalue weighted by Crippen LogP contribution is -2.40. The van der Waals surface area contributed by atoms with Crippen molar-refractivity contribution in [3.05, 3.63) is 53.6 Å². The molecule has 0 spiro atoms. The summed E-state index contributed by atoms with van der Waals surface area (Å²) in [6, 6.07) is 11.3. The number of Topliss-reactive ketones (excluding diaryl/α,β-unsaturated/α-hetero) is 1. The Labute approximate surface area is 206 Å². The molecule has 8 nitrogen and oxygen atoms in total. The van der Waals surface area contributed by atoms with Crippen LogP contribution >= 0.6 is 0 Å². The minimum absolute atomic E-state index is 0.115. The Bertz CT molecular complexity index is 1300. The maximum Gasteiger partial charge on any atom is 0.244 e. The van der Waals surface area contributed by atoms with Crippen molar-refractivity contribution in [3.8, 4) is 0 Å². The van der Waals surface area contributed by atoms with Crippen molar-refractivity contribution in [3.63, 3.8) is 0 Å². The van der Waals surface area contributed by atoms with Crippen LogP contribution < -0.4 is 10.2 Å². The maximum absolute atomic E-state index is 13.3.